The van der Waals surface area contributed by atoms with Gasteiger partial charge in [0, 0.05) is 4.91 Å². The van der Waals surface area contributed by atoms with E-state index in [9.17, 15) is 0 Å². The molecule has 0 N–H and O–H groups in total. The highest BCUT2D eigenvalue weighted by Crippen LogP contribution is 2.47. The topological polar surface area (TPSA) is 0 Å². The van der Waals surface area contributed by atoms with Crippen LogP contribution >= 0.6 is 50.5 Å². The maximum atomic E-state index is 5.10. The van der Waals surface area contributed by atoms with Crippen LogP contribution in [0.3, 0.4) is 0 Å². The number of hydrogen-bond acceptors (Lipinski definition) is 4. The fourth-order valence-electron chi connectivity index (χ4n) is 3.56. The Bertz CT molecular complexity index is 655. The third-order valence-corrected chi connectivity index (χ3v) is 6.90. The molecule has 2 aromatic carbocycles. The normalized spacial score (nSPS) is 12.7. The van der Waals surface area contributed by atoms with Crippen molar-refractivity contribution < 1.29 is 0 Å². The molecule has 0 unspecified atom stereocenters. The van der Waals surface area contributed by atoms with E-state index < -0.39 is 0 Å². The van der Waals surface area contributed by atoms with Gasteiger partial charge in [-0.2, -0.15) is 25.3 Å². The van der Waals surface area contributed by atoms with Crippen LogP contribution in [0.15, 0.2) is 70.5 Å². The Kier molecular flexibility index (Phi) is 10.3. The van der Waals surface area contributed by atoms with Gasteiger partial charge in [0.2, 0.25) is 0 Å². The van der Waals surface area contributed by atoms with Crippen LogP contribution < -0.4 is 0 Å². The van der Waals surface area contributed by atoms with E-state index in [1.807, 2.05) is 0 Å². The van der Waals surface area contributed by atoms with Crippen LogP contribution in [0.25, 0.3) is 0 Å². The number of unbranched alkanes of at least 4 members (excludes halogenated alkanes) is 2. The van der Waals surface area contributed by atoms with E-state index in [1.165, 1.54) is 11.1 Å². The van der Waals surface area contributed by atoms with E-state index in [0.29, 0.717) is 0 Å². The van der Waals surface area contributed by atoms with Crippen LogP contribution in [0.5, 0.6) is 0 Å². The molecule has 0 saturated heterocycles. The lowest BCUT2D eigenvalue weighted by molar-refractivity contribution is 0.537. The van der Waals surface area contributed by atoms with Gasteiger partial charge in [-0.3, -0.25) is 0 Å². The zero-order valence-electron chi connectivity index (χ0n) is 15.7. The number of thiol groups is 4. The highest BCUT2D eigenvalue weighted by molar-refractivity contribution is 7.88. The minimum atomic E-state index is -0.271. The minimum Gasteiger partial charge on any atom is -0.179 e. The predicted octanol–water partition coefficient (Wildman–Crippen LogP) is 7.24. The summed E-state index contributed by atoms with van der Waals surface area (Å²) in [5.74, 6) is 1.81. The molecule has 0 fully saturated rings. The zero-order valence-corrected chi connectivity index (χ0v) is 19.3. The van der Waals surface area contributed by atoms with Crippen molar-refractivity contribution in [1.82, 2.24) is 0 Å². The molecular formula is C23H30S4. The summed E-state index contributed by atoms with van der Waals surface area (Å²) in [5, 5.41) is 0. The van der Waals surface area contributed by atoms with Crippen molar-refractivity contribution in [3.05, 3.63) is 81.6 Å². The first-order valence-corrected chi connectivity index (χ1v) is 11.8. The first kappa shape index (κ1) is 22.9. The van der Waals surface area contributed by atoms with E-state index in [-0.39, 0.29) is 5.41 Å². The summed E-state index contributed by atoms with van der Waals surface area (Å²) >= 11 is 18.8. The third-order valence-electron chi connectivity index (χ3n) is 4.99. The van der Waals surface area contributed by atoms with E-state index in [0.717, 1.165) is 59.8 Å². The van der Waals surface area contributed by atoms with Crippen molar-refractivity contribution >= 4 is 50.5 Å². The first-order chi connectivity index (χ1) is 13.2. The second-order valence-corrected chi connectivity index (χ2v) is 8.68. The quantitative estimate of drug-likeness (QED) is 0.208. The Morgan fingerprint density at radius 1 is 0.667 bits per heavy atom. The van der Waals surface area contributed by atoms with E-state index >= 15 is 0 Å². The average molecular weight is 435 g/mol. The minimum absolute atomic E-state index is 0.271. The van der Waals surface area contributed by atoms with Crippen molar-refractivity contribution in [2.45, 2.75) is 43.9 Å². The van der Waals surface area contributed by atoms with Gasteiger partial charge in [0.05, 0.1) is 5.41 Å². The van der Waals surface area contributed by atoms with Crippen LogP contribution in [-0.4, -0.2) is 11.5 Å². The van der Waals surface area contributed by atoms with Gasteiger partial charge in [0.15, 0.2) is 0 Å². The molecule has 146 valence electrons. The number of allylic oxidation sites excluding steroid dienone is 2. The first-order valence-electron chi connectivity index (χ1n) is 9.61. The summed E-state index contributed by atoms with van der Waals surface area (Å²) in [6.45, 7) is 0. The molecule has 0 aromatic heterocycles. The van der Waals surface area contributed by atoms with Gasteiger partial charge in [-0.1, -0.05) is 67.1 Å². The number of hydrogen-bond donors (Lipinski definition) is 4. The van der Waals surface area contributed by atoms with Crippen LogP contribution in [0.4, 0.5) is 0 Å². The lowest BCUT2D eigenvalue weighted by Gasteiger charge is -2.37. The summed E-state index contributed by atoms with van der Waals surface area (Å²) in [6.07, 6.45) is 6.30. The van der Waals surface area contributed by atoms with Gasteiger partial charge in [-0.25, -0.2) is 0 Å². The summed E-state index contributed by atoms with van der Waals surface area (Å²) < 4.78 is 0. The Morgan fingerprint density at radius 2 is 1.15 bits per heavy atom. The van der Waals surface area contributed by atoms with Crippen LogP contribution in [-0.2, 0) is 5.41 Å². The number of benzene rings is 2. The molecule has 0 bridgehead atoms. The van der Waals surface area contributed by atoms with Crippen LogP contribution in [0.1, 0.15) is 49.7 Å². The Morgan fingerprint density at radius 3 is 1.63 bits per heavy atom. The second kappa shape index (κ2) is 12.2. The maximum absolute atomic E-state index is 5.10. The van der Waals surface area contributed by atoms with Gasteiger partial charge in [-0.15, -0.1) is 25.3 Å². The van der Waals surface area contributed by atoms with E-state index in [2.05, 4.69) is 85.9 Å². The van der Waals surface area contributed by atoms with Crippen molar-refractivity contribution in [3.63, 3.8) is 0 Å². The summed E-state index contributed by atoms with van der Waals surface area (Å²) in [4.78, 5) is 2.15. The molecule has 0 atom stereocenters. The fourth-order valence-corrected chi connectivity index (χ4v) is 4.84. The van der Waals surface area contributed by atoms with Gasteiger partial charge in [0.25, 0.3) is 0 Å². The Balaban J connectivity index is 2.58. The van der Waals surface area contributed by atoms with Gasteiger partial charge in [0.1, 0.15) is 0 Å². The van der Waals surface area contributed by atoms with Crippen molar-refractivity contribution in [3.8, 4) is 0 Å². The molecule has 0 saturated carbocycles. The average Bonchev–Trinajstić information content (AvgIpc) is 2.72. The molecular weight excluding hydrogens is 405 g/mol. The van der Waals surface area contributed by atoms with Crippen LogP contribution in [0.2, 0.25) is 0 Å². The lowest BCUT2D eigenvalue weighted by Crippen LogP contribution is -2.29. The fraction of sp³-hybridized carbons (Fsp3) is 0.391. The monoisotopic (exact) mass is 434 g/mol. The van der Waals surface area contributed by atoms with Crippen LogP contribution in [0, 0.1) is 0 Å². The molecule has 0 aliphatic heterocycles. The molecule has 0 nitrogen and oxygen atoms in total. The van der Waals surface area contributed by atoms with Gasteiger partial charge in [-0.05, 0) is 59.6 Å². The molecule has 0 radical (unpaired) electrons. The molecule has 2 aromatic rings. The smallest absolute Gasteiger partial charge is 0.0516 e. The van der Waals surface area contributed by atoms with Crippen molar-refractivity contribution in [1.29, 1.82) is 0 Å². The molecule has 0 spiro atoms. The van der Waals surface area contributed by atoms with E-state index in [4.69, 9.17) is 25.3 Å². The summed E-state index contributed by atoms with van der Waals surface area (Å²) in [7, 11) is 0. The molecule has 2 rings (SSSR count). The largest absolute Gasteiger partial charge is 0.179 e. The molecule has 27 heavy (non-hydrogen) atoms. The zero-order chi connectivity index (χ0) is 19.5. The van der Waals surface area contributed by atoms with Gasteiger partial charge < -0.3 is 0 Å². The Hall–Kier alpha value is -0.420. The third kappa shape index (κ3) is 6.03. The predicted molar refractivity (Wildman–Crippen MR) is 134 cm³/mol. The second-order valence-electron chi connectivity index (χ2n) is 6.79. The maximum Gasteiger partial charge on any atom is 0.0516 e. The number of rotatable bonds is 11. The highest BCUT2D eigenvalue weighted by atomic mass is 32.1. The lowest BCUT2D eigenvalue weighted by atomic mass is 9.70. The van der Waals surface area contributed by atoms with Crippen molar-refractivity contribution in [2.75, 3.05) is 11.5 Å². The standard InChI is InChI=1S/C23H30S4/c24-17-9-7-15-21(26)22(27)23(16-8-10-18-25,19-11-3-1-4-12-19)20-13-5-2-6-14-20/h1-6,11-14,24-27H,7-10,15-18H2. The van der Waals surface area contributed by atoms with Gasteiger partial charge >= 0.3 is 0 Å². The SMILES string of the molecule is SCCCCC(S)=C(S)C(CCCCS)(c1ccccc1)c1ccccc1. The molecule has 4 heteroatoms. The van der Waals surface area contributed by atoms with Crippen molar-refractivity contribution in [2.24, 2.45) is 0 Å². The molecule has 0 heterocycles. The molecule has 0 aliphatic rings. The highest BCUT2D eigenvalue weighted by Gasteiger charge is 2.37. The summed E-state index contributed by atoms with van der Waals surface area (Å²) in [6, 6.07) is 21.5. The molecule has 0 aliphatic carbocycles. The molecule has 0 amide bonds. The van der Waals surface area contributed by atoms with E-state index in [1.54, 1.807) is 0 Å². The Labute approximate surface area is 186 Å². The summed E-state index contributed by atoms with van der Waals surface area (Å²) in [5.41, 5.74) is 2.29.